The Morgan fingerprint density at radius 3 is 2.17 bits per heavy atom. The molecule has 1 N–H and O–H groups in total. The largest absolute Gasteiger partial charge is 0.497 e. The molecule has 1 saturated heterocycles. The topological polar surface area (TPSA) is 60.0 Å². The van der Waals surface area contributed by atoms with E-state index >= 15 is 0 Å². The summed E-state index contributed by atoms with van der Waals surface area (Å²) in [5, 5.41) is 3.23. The third kappa shape index (κ3) is 4.51. The summed E-state index contributed by atoms with van der Waals surface area (Å²) >= 11 is 0. The zero-order valence-corrected chi connectivity index (χ0v) is 14.5. The molecule has 1 amide bonds. The summed E-state index contributed by atoms with van der Waals surface area (Å²) in [5.74, 6) is 1.43. The fourth-order valence-corrected chi connectivity index (χ4v) is 2.83. The van der Waals surface area contributed by atoms with E-state index in [0.29, 0.717) is 24.6 Å². The number of methoxy groups -OCH3 is 2. The molecule has 0 aliphatic carbocycles. The van der Waals surface area contributed by atoms with Gasteiger partial charge < -0.3 is 24.4 Å². The molecule has 1 aromatic carbocycles. The molecule has 1 aliphatic rings. The van der Waals surface area contributed by atoms with E-state index in [4.69, 9.17) is 14.2 Å². The van der Waals surface area contributed by atoms with E-state index in [0.717, 1.165) is 5.69 Å². The third-order valence-electron chi connectivity index (χ3n) is 3.84. The minimum absolute atomic E-state index is 0.0619. The zero-order valence-electron chi connectivity index (χ0n) is 14.5. The van der Waals surface area contributed by atoms with Gasteiger partial charge in [0.25, 0.3) is 0 Å². The molecule has 1 aromatic rings. The molecule has 0 saturated carbocycles. The van der Waals surface area contributed by atoms with Gasteiger partial charge in [-0.2, -0.15) is 0 Å². The number of hydrogen-bond donors (Lipinski definition) is 1. The van der Waals surface area contributed by atoms with Crippen LogP contribution in [0.3, 0.4) is 0 Å². The highest BCUT2D eigenvalue weighted by Gasteiger charge is 2.28. The lowest BCUT2D eigenvalue weighted by Crippen LogP contribution is -2.52. The SMILES string of the molecule is COc1cc(N[C@H](C)C(=O)N2C[C@@H](C)O[C@H](C)C2)cc(OC)c1. The predicted octanol–water partition coefficient (Wildman–Crippen LogP) is 2.14. The molecule has 23 heavy (non-hydrogen) atoms. The average molecular weight is 322 g/mol. The van der Waals surface area contributed by atoms with Crippen LogP contribution in [0.15, 0.2) is 18.2 Å². The highest BCUT2D eigenvalue weighted by Crippen LogP contribution is 2.26. The number of nitrogens with one attached hydrogen (secondary N) is 1. The molecule has 2 rings (SSSR count). The first-order chi connectivity index (χ1) is 10.9. The second-order valence-electron chi connectivity index (χ2n) is 5.97. The number of nitrogens with zero attached hydrogens (tertiary/aromatic N) is 1. The van der Waals surface area contributed by atoms with Crippen LogP contribution in [-0.4, -0.2) is 56.4 Å². The smallest absolute Gasteiger partial charge is 0.244 e. The molecule has 6 heteroatoms. The number of hydrogen-bond acceptors (Lipinski definition) is 5. The van der Waals surface area contributed by atoms with Crippen molar-refractivity contribution >= 4 is 11.6 Å². The van der Waals surface area contributed by atoms with Crippen molar-refractivity contribution in [1.29, 1.82) is 0 Å². The van der Waals surface area contributed by atoms with Gasteiger partial charge in [-0.3, -0.25) is 4.79 Å². The minimum Gasteiger partial charge on any atom is -0.497 e. The van der Waals surface area contributed by atoms with E-state index in [1.54, 1.807) is 20.3 Å². The number of benzene rings is 1. The van der Waals surface area contributed by atoms with Gasteiger partial charge in [0, 0.05) is 37.0 Å². The van der Waals surface area contributed by atoms with Crippen LogP contribution in [0.4, 0.5) is 5.69 Å². The molecule has 128 valence electrons. The normalized spacial score (nSPS) is 22.4. The summed E-state index contributed by atoms with van der Waals surface area (Å²) in [7, 11) is 3.20. The second kappa shape index (κ2) is 7.55. The van der Waals surface area contributed by atoms with Gasteiger partial charge in [-0.05, 0) is 20.8 Å². The number of ether oxygens (including phenoxy) is 3. The van der Waals surface area contributed by atoms with E-state index in [1.807, 2.05) is 37.8 Å². The van der Waals surface area contributed by atoms with E-state index in [1.165, 1.54) is 0 Å². The molecule has 0 spiro atoms. The lowest BCUT2D eigenvalue weighted by atomic mass is 10.2. The summed E-state index contributed by atoms with van der Waals surface area (Å²) in [4.78, 5) is 14.5. The Kier molecular flexibility index (Phi) is 5.71. The quantitative estimate of drug-likeness (QED) is 0.900. The van der Waals surface area contributed by atoms with Gasteiger partial charge in [0.15, 0.2) is 0 Å². The van der Waals surface area contributed by atoms with Gasteiger partial charge in [0.1, 0.15) is 17.5 Å². The van der Waals surface area contributed by atoms with Crippen LogP contribution in [0, 0.1) is 0 Å². The number of anilines is 1. The van der Waals surface area contributed by atoms with Crippen molar-refractivity contribution in [3.05, 3.63) is 18.2 Å². The standard InChI is InChI=1S/C17H26N2O4/c1-11-9-19(10-12(2)23-11)17(20)13(3)18-14-6-15(21-4)8-16(7-14)22-5/h6-8,11-13,18H,9-10H2,1-5H3/t11-,12-,13-/m1/s1. The number of amides is 1. The second-order valence-corrected chi connectivity index (χ2v) is 5.97. The van der Waals surface area contributed by atoms with Gasteiger partial charge >= 0.3 is 0 Å². The van der Waals surface area contributed by atoms with Crippen LogP contribution in [0.1, 0.15) is 20.8 Å². The summed E-state index contributed by atoms with van der Waals surface area (Å²) in [5.41, 5.74) is 0.788. The summed E-state index contributed by atoms with van der Waals surface area (Å²) in [6.45, 7) is 7.08. The van der Waals surface area contributed by atoms with Crippen molar-refractivity contribution in [2.75, 3.05) is 32.6 Å². The average Bonchev–Trinajstić information content (AvgIpc) is 2.52. The van der Waals surface area contributed by atoms with Crippen LogP contribution < -0.4 is 14.8 Å². The van der Waals surface area contributed by atoms with Crippen LogP contribution in [0.5, 0.6) is 11.5 Å². The lowest BCUT2D eigenvalue weighted by molar-refractivity contribution is -0.143. The first kappa shape index (κ1) is 17.4. The third-order valence-corrected chi connectivity index (χ3v) is 3.84. The van der Waals surface area contributed by atoms with Gasteiger partial charge in [0.2, 0.25) is 5.91 Å². The van der Waals surface area contributed by atoms with Crippen molar-refractivity contribution in [3.63, 3.8) is 0 Å². The zero-order chi connectivity index (χ0) is 17.0. The molecular weight excluding hydrogens is 296 g/mol. The van der Waals surface area contributed by atoms with Crippen LogP contribution in [0.25, 0.3) is 0 Å². The molecule has 1 heterocycles. The molecular formula is C17H26N2O4. The molecule has 6 nitrogen and oxygen atoms in total. The molecule has 1 aliphatic heterocycles. The first-order valence-electron chi connectivity index (χ1n) is 7.86. The number of carbonyl (C=O) groups excluding carboxylic acids is 1. The monoisotopic (exact) mass is 322 g/mol. The predicted molar refractivity (Wildman–Crippen MR) is 89.2 cm³/mol. The molecule has 0 aromatic heterocycles. The van der Waals surface area contributed by atoms with E-state index in [9.17, 15) is 4.79 Å². The van der Waals surface area contributed by atoms with Gasteiger partial charge in [0.05, 0.1) is 26.4 Å². The number of morpholine rings is 1. The van der Waals surface area contributed by atoms with Crippen molar-refractivity contribution < 1.29 is 19.0 Å². The Morgan fingerprint density at radius 1 is 1.17 bits per heavy atom. The van der Waals surface area contributed by atoms with Crippen LogP contribution >= 0.6 is 0 Å². The highest BCUT2D eigenvalue weighted by molar-refractivity contribution is 5.84. The fraction of sp³-hybridized carbons (Fsp3) is 0.588. The van der Waals surface area contributed by atoms with Gasteiger partial charge in [-0.25, -0.2) is 0 Å². The lowest BCUT2D eigenvalue weighted by Gasteiger charge is -2.36. The van der Waals surface area contributed by atoms with Crippen LogP contribution in [-0.2, 0) is 9.53 Å². The Morgan fingerprint density at radius 2 is 1.70 bits per heavy atom. The maximum Gasteiger partial charge on any atom is 0.244 e. The molecule has 0 bridgehead atoms. The van der Waals surface area contributed by atoms with Gasteiger partial charge in [-0.15, -0.1) is 0 Å². The molecule has 0 radical (unpaired) electrons. The highest BCUT2D eigenvalue weighted by atomic mass is 16.5. The summed E-state index contributed by atoms with van der Waals surface area (Å²) in [6, 6.07) is 5.14. The van der Waals surface area contributed by atoms with Crippen molar-refractivity contribution in [2.45, 2.75) is 39.0 Å². The van der Waals surface area contributed by atoms with Gasteiger partial charge in [-0.1, -0.05) is 0 Å². The van der Waals surface area contributed by atoms with E-state index in [2.05, 4.69) is 5.32 Å². The minimum atomic E-state index is -0.343. The Labute approximate surface area is 137 Å². The maximum atomic E-state index is 12.6. The fourth-order valence-electron chi connectivity index (χ4n) is 2.83. The Bertz CT molecular complexity index is 517. The summed E-state index contributed by atoms with van der Waals surface area (Å²) in [6.07, 6.45) is 0.124. The van der Waals surface area contributed by atoms with E-state index in [-0.39, 0.29) is 24.2 Å². The Balaban J connectivity index is 2.06. The summed E-state index contributed by atoms with van der Waals surface area (Å²) < 4.78 is 16.2. The molecule has 3 atom stereocenters. The van der Waals surface area contributed by atoms with E-state index < -0.39 is 0 Å². The maximum absolute atomic E-state index is 12.6. The van der Waals surface area contributed by atoms with Crippen LogP contribution in [0.2, 0.25) is 0 Å². The van der Waals surface area contributed by atoms with Crippen molar-refractivity contribution in [3.8, 4) is 11.5 Å². The molecule has 1 fully saturated rings. The number of rotatable bonds is 5. The Hall–Kier alpha value is -1.95. The van der Waals surface area contributed by atoms with Crippen molar-refractivity contribution in [1.82, 2.24) is 4.90 Å². The molecule has 0 unspecified atom stereocenters. The van der Waals surface area contributed by atoms with Crippen molar-refractivity contribution in [2.24, 2.45) is 0 Å². The number of carbonyl (C=O) groups is 1. The first-order valence-corrected chi connectivity index (χ1v) is 7.86.